The topological polar surface area (TPSA) is 75.4 Å². The quantitative estimate of drug-likeness (QED) is 0.726. The van der Waals surface area contributed by atoms with Gasteiger partial charge in [-0.1, -0.05) is 11.6 Å². The summed E-state index contributed by atoms with van der Waals surface area (Å²) in [6, 6.07) is 7.74. The SMILES string of the molecule is CC(=O)Nc1ccc(Cl)c(CN(C(=O)c2cc(F)cc(F)c2)C2CCC(N)CC2)c1. The van der Waals surface area contributed by atoms with Crippen molar-refractivity contribution in [2.75, 3.05) is 5.32 Å². The van der Waals surface area contributed by atoms with Crippen molar-refractivity contribution in [3.63, 3.8) is 0 Å². The van der Waals surface area contributed by atoms with Gasteiger partial charge in [-0.15, -0.1) is 0 Å². The van der Waals surface area contributed by atoms with Crippen LogP contribution in [-0.2, 0) is 11.3 Å². The first-order chi connectivity index (χ1) is 14.2. The van der Waals surface area contributed by atoms with Crippen LogP contribution in [0.25, 0.3) is 0 Å². The molecule has 2 aromatic carbocycles. The summed E-state index contributed by atoms with van der Waals surface area (Å²) < 4.78 is 27.4. The second-order valence-electron chi connectivity index (χ2n) is 7.65. The molecular weight excluding hydrogens is 412 g/mol. The molecule has 1 aliphatic rings. The summed E-state index contributed by atoms with van der Waals surface area (Å²) in [5.41, 5.74) is 7.12. The average Bonchev–Trinajstić information content (AvgIpc) is 2.67. The van der Waals surface area contributed by atoms with E-state index in [0.29, 0.717) is 29.1 Å². The normalized spacial score (nSPS) is 18.7. The van der Waals surface area contributed by atoms with E-state index in [2.05, 4.69) is 5.32 Å². The lowest BCUT2D eigenvalue weighted by atomic mass is 9.90. The Hall–Kier alpha value is -2.51. The molecule has 8 heteroatoms. The van der Waals surface area contributed by atoms with Gasteiger partial charge in [0.25, 0.3) is 5.91 Å². The summed E-state index contributed by atoms with van der Waals surface area (Å²) in [5, 5.41) is 3.12. The van der Waals surface area contributed by atoms with Gasteiger partial charge in [0.15, 0.2) is 0 Å². The number of hydrogen-bond acceptors (Lipinski definition) is 3. The summed E-state index contributed by atoms with van der Waals surface area (Å²) in [5.74, 6) is -2.33. The maximum Gasteiger partial charge on any atom is 0.254 e. The molecule has 0 spiro atoms. The minimum absolute atomic E-state index is 0.0588. The molecule has 0 heterocycles. The fourth-order valence-corrected chi connectivity index (χ4v) is 3.96. The number of anilines is 1. The molecule has 2 aromatic rings. The maximum absolute atomic E-state index is 13.7. The van der Waals surface area contributed by atoms with Crippen LogP contribution < -0.4 is 11.1 Å². The van der Waals surface area contributed by atoms with Gasteiger partial charge in [-0.25, -0.2) is 8.78 Å². The van der Waals surface area contributed by atoms with Crippen molar-refractivity contribution >= 4 is 29.1 Å². The zero-order valence-corrected chi connectivity index (χ0v) is 17.4. The van der Waals surface area contributed by atoms with Gasteiger partial charge in [-0.3, -0.25) is 9.59 Å². The van der Waals surface area contributed by atoms with Crippen molar-refractivity contribution in [2.45, 2.75) is 51.2 Å². The number of carbonyl (C=O) groups excluding carboxylic acids is 2. The van der Waals surface area contributed by atoms with Crippen molar-refractivity contribution < 1.29 is 18.4 Å². The Labute approximate surface area is 179 Å². The number of nitrogens with zero attached hydrogens (tertiary/aromatic N) is 1. The maximum atomic E-state index is 13.7. The van der Waals surface area contributed by atoms with Crippen LogP contribution in [0, 0.1) is 11.6 Å². The number of nitrogens with one attached hydrogen (secondary N) is 1. The number of hydrogen-bond donors (Lipinski definition) is 2. The highest BCUT2D eigenvalue weighted by Crippen LogP contribution is 2.29. The lowest BCUT2D eigenvalue weighted by Crippen LogP contribution is -2.44. The van der Waals surface area contributed by atoms with Crippen LogP contribution in [0.15, 0.2) is 36.4 Å². The van der Waals surface area contributed by atoms with Crippen LogP contribution in [0.3, 0.4) is 0 Å². The van der Waals surface area contributed by atoms with E-state index >= 15 is 0 Å². The monoisotopic (exact) mass is 435 g/mol. The minimum atomic E-state index is -0.811. The largest absolute Gasteiger partial charge is 0.331 e. The first kappa shape index (κ1) is 22.2. The van der Waals surface area contributed by atoms with E-state index in [9.17, 15) is 18.4 Å². The Morgan fingerprint density at radius 2 is 1.73 bits per heavy atom. The fraction of sp³-hybridized carbons (Fsp3) is 0.364. The van der Waals surface area contributed by atoms with Crippen LogP contribution >= 0.6 is 11.6 Å². The summed E-state index contributed by atoms with van der Waals surface area (Å²) in [7, 11) is 0. The molecule has 0 atom stereocenters. The standard InChI is InChI=1S/C22H24ClF2N3O2/c1-13(29)27-19-4-7-21(23)15(10-19)12-28(20-5-2-18(26)3-6-20)22(30)14-8-16(24)11-17(25)9-14/h4,7-11,18,20H,2-3,5-6,12,26H2,1H3,(H,27,29). The number of rotatable bonds is 5. The molecule has 0 aliphatic heterocycles. The number of nitrogens with two attached hydrogens (primary N) is 1. The smallest absolute Gasteiger partial charge is 0.254 e. The second kappa shape index (κ2) is 9.53. The zero-order valence-electron chi connectivity index (χ0n) is 16.6. The minimum Gasteiger partial charge on any atom is -0.331 e. The van der Waals surface area contributed by atoms with E-state index in [1.54, 1.807) is 23.1 Å². The Balaban J connectivity index is 1.94. The molecule has 1 aliphatic carbocycles. The molecule has 0 bridgehead atoms. The van der Waals surface area contributed by atoms with E-state index in [1.165, 1.54) is 6.92 Å². The molecule has 1 saturated carbocycles. The molecule has 0 saturated heterocycles. The third-order valence-electron chi connectivity index (χ3n) is 5.26. The van der Waals surface area contributed by atoms with Gasteiger partial charge in [0, 0.05) is 47.9 Å². The zero-order chi connectivity index (χ0) is 21.8. The Bertz CT molecular complexity index is 926. The van der Waals surface area contributed by atoms with Crippen LogP contribution in [0.2, 0.25) is 5.02 Å². The van der Waals surface area contributed by atoms with Gasteiger partial charge in [-0.2, -0.15) is 0 Å². The Kier molecular flexibility index (Phi) is 7.05. The number of amides is 2. The molecule has 0 unspecified atom stereocenters. The van der Waals surface area contributed by atoms with Crippen LogP contribution in [0.5, 0.6) is 0 Å². The van der Waals surface area contributed by atoms with Crippen molar-refractivity contribution in [1.82, 2.24) is 4.90 Å². The van der Waals surface area contributed by atoms with E-state index in [1.807, 2.05) is 0 Å². The van der Waals surface area contributed by atoms with Gasteiger partial charge < -0.3 is 16.0 Å². The fourth-order valence-electron chi connectivity index (χ4n) is 3.78. The van der Waals surface area contributed by atoms with Gasteiger partial charge in [-0.05, 0) is 61.6 Å². The third-order valence-corrected chi connectivity index (χ3v) is 5.63. The highest BCUT2D eigenvalue weighted by molar-refractivity contribution is 6.31. The highest BCUT2D eigenvalue weighted by atomic mass is 35.5. The molecule has 2 amide bonds. The molecular formula is C22H24ClF2N3O2. The lowest BCUT2D eigenvalue weighted by Gasteiger charge is -2.36. The van der Waals surface area contributed by atoms with Crippen molar-refractivity contribution in [3.05, 3.63) is 64.2 Å². The number of carbonyl (C=O) groups is 2. The first-order valence-electron chi connectivity index (χ1n) is 9.81. The van der Waals surface area contributed by atoms with E-state index in [0.717, 1.165) is 31.0 Å². The lowest BCUT2D eigenvalue weighted by molar-refractivity contribution is -0.114. The van der Waals surface area contributed by atoms with Crippen molar-refractivity contribution in [2.24, 2.45) is 5.73 Å². The predicted octanol–water partition coefficient (Wildman–Crippen LogP) is 4.49. The second-order valence-corrected chi connectivity index (χ2v) is 8.05. The van der Waals surface area contributed by atoms with E-state index < -0.39 is 17.5 Å². The molecule has 30 heavy (non-hydrogen) atoms. The van der Waals surface area contributed by atoms with Gasteiger partial charge in [0.1, 0.15) is 11.6 Å². The van der Waals surface area contributed by atoms with Crippen LogP contribution in [-0.4, -0.2) is 28.8 Å². The molecule has 3 N–H and O–H groups in total. The Morgan fingerprint density at radius 3 is 2.33 bits per heavy atom. The summed E-state index contributed by atoms with van der Waals surface area (Å²) in [6.07, 6.45) is 2.89. The van der Waals surface area contributed by atoms with Crippen LogP contribution in [0.4, 0.5) is 14.5 Å². The van der Waals surface area contributed by atoms with Crippen molar-refractivity contribution in [3.8, 4) is 0 Å². The van der Waals surface area contributed by atoms with E-state index in [4.69, 9.17) is 17.3 Å². The molecule has 1 fully saturated rings. The van der Waals surface area contributed by atoms with Crippen molar-refractivity contribution in [1.29, 1.82) is 0 Å². The first-order valence-corrected chi connectivity index (χ1v) is 10.2. The Morgan fingerprint density at radius 1 is 1.10 bits per heavy atom. The van der Waals surface area contributed by atoms with Gasteiger partial charge in [0.2, 0.25) is 5.91 Å². The van der Waals surface area contributed by atoms with Gasteiger partial charge >= 0.3 is 0 Å². The molecule has 0 aromatic heterocycles. The number of halogens is 3. The summed E-state index contributed by atoms with van der Waals surface area (Å²) >= 11 is 6.35. The molecule has 5 nitrogen and oxygen atoms in total. The summed E-state index contributed by atoms with van der Waals surface area (Å²) in [6.45, 7) is 1.54. The third kappa shape index (κ3) is 5.55. The van der Waals surface area contributed by atoms with Gasteiger partial charge in [0.05, 0.1) is 0 Å². The summed E-state index contributed by atoms with van der Waals surface area (Å²) in [4.78, 5) is 26.2. The van der Waals surface area contributed by atoms with Crippen LogP contribution in [0.1, 0.15) is 48.5 Å². The highest BCUT2D eigenvalue weighted by Gasteiger charge is 2.29. The predicted molar refractivity (Wildman–Crippen MR) is 112 cm³/mol. The number of benzene rings is 2. The molecule has 0 radical (unpaired) electrons. The van der Waals surface area contributed by atoms with E-state index in [-0.39, 0.29) is 30.1 Å². The molecule has 160 valence electrons. The average molecular weight is 436 g/mol. The molecule has 3 rings (SSSR count).